The first-order valence-corrected chi connectivity index (χ1v) is 12.8. The molecule has 1 N–H and O–H groups in total. The Hall–Kier alpha value is -3.23. The lowest BCUT2D eigenvalue weighted by Gasteiger charge is -2.40. The monoisotopic (exact) mass is 479 g/mol. The van der Waals surface area contributed by atoms with E-state index in [9.17, 15) is 14.4 Å². The van der Waals surface area contributed by atoms with Crippen LogP contribution in [0.2, 0.25) is 0 Å². The van der Waals surface area contributed by atoms with E-state index in [0.717, 1.165) is 49.1 Å². The molecular formula is C26H33N5O4. The zero-order valence-electron chi connectivity index (χ0n) is 20.3. The molecule has 9 heteroatoms. The number of amides is 4. The largest absolute Gasteiger partial charge is 0.350 e. The van der Waals surface area contributed by atoms with Crippen molar-refractivity contribution in [2.24, 2.45) is 5.92 Å². The fourth-order valence-electron chi connectivity index (χ4n) is 5.94. The molecular weight excluding hydrogens is 446 g/mol. The molecule has 1 atom stereocenters. The summed E-state index contributed by atoms with van der Waals surface area (Å²) in [6.45, 7) is 3.40. The number of hydrogen-bond donors (Lipinski definition) is 1. The van der Waals surface area contributed by atoms with E-state index in [0.29, 0.717) is 51.1 Å². The van der Waals surface area contributed by atoms with Crippen molar-refractivity contribution in [1.29, 1.82) is 0 Å². The Morgan fingerprint density at radius 1 is 1.20 bits per heavy atom. The molecule has 2 aliphatic heterocycles. The highest BCUT2D eigenvalue weighted by molar-refractivity contribution is 6.07. The fourth-order valence-corrected chi connectivity index (χ4v) is 5.94. The molecule has 2 saturated heterocycles. The van der Waals surface area contributed by atoms with Crippen LogP contribution >= 0.6 is 0 Å². The molecule has 0 bridgehead atoms. The fraction of sp³-hybridized carbons (Fsp3) is 0.577. The second-order valence-electron chi connectivity index (χ2n) is 9.89. The maximum atomic E-state index is 13.6. The van der Waals surface area contributed by atoms with Gasteiger partial charge in [-0.1, -0.05) is 24.6 Å². The summed E-state index contributed by atoms with van der Waals surface area (Å²) in [5.74, 6) is 0.107. The van der Waals surface area contributed by atoms with Gasteiger partial charge in [0, 0.05) is 43.5 Å². The topological polar surface area (TPSA) is 109 Å². The standard InChI is InChI=1S/C26H33N5O4/c1-2-13-26(24(33)31(25(34)28-26)17-12-19-7-5-6-14-27-19)18-10-15-30(16-11-18)23(32)22-20-8-3-4-9-21(20)29-35-22/h5-7,14,18H,2-4,8-13,15-17H2,1H3,(H,28,34). The number of aryl methyl sites for hydroxylation is 1. The normalized spacial score (nSPS) is 22.9. The second-order valence-corrected chi connectivity index (χ2v) is 9.89. The Morgan fingerprint density at radius 3 is 2.74 bits per heavy atom. The summed E-state index contributed by atoms with van der Waals surface area (Å²) in [6.07, 6.45) is 8.76. The highest BCUT2D eigenvalue weighted by Crippen LogP contribution is 2.37. The van der Waals surface area contributed by atoms with Crippen LogP contribution < -0.4 is 5.32 Å². The number of hydrogen-bond acceptors (Lipinski definition) is 6. The number of carbonyl (C=O) groups excluding carboxylic acids is 3. The molecule has 9 nitrogen and oxygen atoms in total. The zero-order chi connectivity index (χ0) is 24.4. The first-order valence-electron chi connectivity index (χ1n) is 12.8. The van der Waals surface area contributed by atoms with E-state index < -0.39 is 5.54 Å². The Balaban J connectivity index is 1.26. The number of nitrogens with zero attached hydrogens (tertiary/aromatic N) is 4. The summed E-state index contributed by atoms with van der Waals surface area (Å²) >= 11 is 0. The van der Waals surface area contributed by atoms with Crippen molar-refractivity contribution < 1.29 is 18.9 Å². The van der Waals surface area contributed by atoms with E-state index in [2.05, 4.69) is 15.5 Å². The highest BCUT2D eigenvalue weighted by Gasteiger charge is 2.55. The molecule has 1 aliphatic carbocycles. The SMILES string of the molecule is CCCC1(C2CCN(C(=O)c3onc4c3CCCC4)CC2)NC(=O)N(CCc2ccccn2)C1=O. The quantitative estimate of drug-likeness (QED) is 0.611. The first-order chi connectivity index (χ1) is 17.0. The molecule has 1 unspecified atom stereocenters. The van der Waals surface area contributed by atoms with Crippen molar-refractivity contribution in [3.8, 4) is 0 Å². The van der Waals surface area contributed by atoms with Crippen LogP contribution in [0.25, 0.3) is 0 Å². The second kappa shape index (κ2) is 9.79. The van der Waals surface area contributed by atoms with Gasteiger partial charge in [-0.2, -0.15) is 0 Å². The van der Waals surface area contributed by atoms with Crippen molar-refractivity contribution in [3.63, 3.8) is 0 Å². The molecule has 4 heterocycles. The number of carbonyl (C=O) groups is 3. The number of nitrogens with one attached hydrogen (secondary N) is 1. The van der Waals surface area contributed by atoms with Gasteiger partial charge in [0.25, 0.3) is 11.8 Å². The van der Waals surface area contributed by atoms with Gasteiger partial charge in [-0.15, -0.1) is 0 Å². The lowest BCUT2D eigenvalue weighted by Crippen LogP contribution is -2.56. The van der Waals surface area contributed by atoms with Gasteiger partial charge >= 0.3 is 6.03 Å². The molecule has 4 amide bonds. The smallest absolute Gasteiger partial charge is 0.325 e. The van der Waals surface area contributed by atoms with Crippen LogP contribution in [0.15, 0.2) is 28.9 Å². The van der Waals surface area contributed by atoms with Gasteiger partial charge in [0.15, 0.2) is 0 Å². The zero-order valence-corrected chi connectivity index (χ0v) is 20.3. The van der Waals surface area contributed by atoms with Crippen LogP contribution in [0.4, 0.5) is 4.79 Å². The van der Waals surface area contributed by atoms with Crippen LogP contribution in [0.3, 0.4) is 0 Å². The molecule has 186 valence electrons. The third-order valence-electron chi connectivity index (χ3n) is 7.80. The average Bonchev–Trinajstić information content (AvgIpc) is 3.42. The van der Waals surface area contributed by atoms with Crippen molar-refractivity contribution in [3.05, 3.63) is 47.1 Å². The molecule has 2 aromatic rings. The number of urea groups is 1. The minimum atomic E-state index is -0.906. The van der Waals surface area contributed by atoms with Crippen LogP contribution in [0.5, 0.6) is 0 Å². The minimum absolute atomic E-state index is 0.0218. The number of piperidine rings is 1. The summed E-state index contributed by atoms with van der Waals surface area (Å²) in [5.41, 5.74) is 1.83. The summed E-state index contributed by atoms with van der Waals surface area (Å²) < 4.78 is 5.46. The van der Waals surface area contributed by atoms with E-state index in [1.807, 2.05) is 30.0 Å². The van der Waals surface area contributed by atoms with Crippen molar-refractivity contribution in [2.45, 2.75) is 70.3 Å². The average molecular weight is 480 g/mol. The number of fused-ring (bicyclic) bond motifs is 1. The van der Waals surface area contributed by atoms with E-state index in [4.69, 9.17) is 4.52 Å². The Kier molecular flexibility index (Phi) is 6.58. The van der Waals surface area contributed by atoms with Crippen LogP contribution in [0, 0.1) is 5.92 Å². The van der Waals surface area contributed by atoms with Gasteiger partial charge in [0.05, 0.1) is 5.69 Å². The molecule has 0 radical (unpaired) electrons. The highest BCUT2D eigenvalue weighted by atomic mass is 16.5. The Bertz CT molecular complexity index is 1090. The van der Waals surface area contributed by atoms with Crippen LogP contribution in [-0.4, -0.2) is 63.0 Å². The third kappa shape index (κ3) is 4.32. The molecule has 3 aliphatic rings. The third-order valence-corrected chi connectivity index (χ3v) is 7.80. The molecule has 2 aromatic heterocycles. The number of likely N-dealkylation sites (tertiary alicyclic amines) is 1. The minimum Gasteiger partial charge on any atom is -0.350 e. The van der Waals surface area contributed by atoms with Crippen LogP contribution in [-0.2, 0) is 24.1 Å². The van der Waals surface area contributed by atoms with Gasteiger partial charge < -0.3 is 14.7 Å². The summed E-state index contributed by atoms with van der Waals surface area (Å²) in [6, 6.07) is 5.32. The van der Waals surface area contributed by atoms with E-state index in [1.165, 1.54) is 4.90 Å². The molecule has 35 heavy (non-hydrogen) atoms. The van der Waals surface area contributed by atoms with Crippen molar-refractivity contribution >= 4 is 17.8 Å². The van der Waals surface area contributed by atoms with Crippen molar-refractivity contribution in [1.82, 2.24) is 25.3 Å². The summed E-state index contributed by atoms with van der Waals surface area (Å²) in [5, 5.41) is 7.20. The molecule has 2 fully saturated rings. The van der Waals surface area contributed by atoms with Gasteiger partial charge in [-0.05, 0) is 63.0 Å². The van der Waals surface area contributed by atoms with Crippen molar-refractivity contribution in [2.75, 3.05) is 19.6 Å². The maximum absolute atomic E-state index is 13.6. The van der Waals surface area contributed by atoms with Crippen LogP contribution in [0.1, 0.15) is 73.0 Å². The number of imide groups is 1. The van der Waals surface area contributed by atoms with Gasteiger partial charge in [-0.25, -0.2) is 4.79 Å². The van der Waals surface area contributed by atoms with E-state index in [-0.39, 0.29) is 23.8 Å². The summed E-state index contributed by atoms with van der Waals surface area (Å²) in [4.78, 5) is 47.2. The number of rotatable bonds is 7. The molecule has 5 rings (SSSR count). The molecule has 0 aromatic carbocycles. The number of pyridine rings is 1. The molecule has 0 spiro atoms. The first kappa shape index (κ1) is 23.5. The predicted molar refractivity (Wildman–Crippen MR) is 128 cm³/mol. The summed E-state index contributed by atoms with van der Waals surface area (Å²) in [7, 11) is 0. The van der Waals surface area contributed by atoms with E-state index in [1.54, 1.807) is 6.20 Å². The van der Waals surface area contributed by atoms with E-state index >= 15 is 0 Å². The molecule has 0 saturated carbocycles. The Morgan fingerprint density at radius 2 is 2.00 bits per heavy atom. The van der Waals surface area contributed by atoms with Gasteiger partial charge in [-0.3, -0.25) is 19.5 Å². The lowest BCUT2D eigenvalue weighted by atomic mass is 9.74. The maximum Gasteiger partial charge on any atom is 0.325 e. The Labute approximate surface area is 205 Å². The lowest BCUT2D eigenvalue weighted by molar-refractivity contribution is -0.134. The number of aromatic nitrogens is 2. The van der Waals surface area contributed by atoms with Gasteiger partial charge in [0.2, 0.25) is 5.76 Å². The predicted octanol–water partition coefficient (Wildman–Crippen LogP) is 3.13. The van der Waals surface area contributed by atoms with Gasteiger partial charge in [0.1, 0.15) is 5.54 Å².